The molecule has 0 aromatic heterocycles. The molecule has 0 bridgehead atoms. The number of nitrogens with two attached hydrogens (primary N) is 1. The summed E-state index contributed by atoms with van der Waals surface area (Å²) >= 11 is 0. The lowest BCUT2D eigenvalue weighted by molar-refractivity contribution is 0.00426. The van der Waals surface area contributed by atoms with Crippen molar-refractivity contribution in [1.82, 2.24) is 9.80 Å². The zero-order valence-electron chi connectivity index (χ0n) is 10.7. The summed E-state index contributed by atoms with van der Waals surface area (Å²) in [5, 5.41) is 9.56. The highest BCUT2D eigenvalue weighted by molar-refractivity contribution is 4.73. The molecular weight excluding hydrogens is 222 g/mol. The van der Waals surface area contributed by atoms with Gasteiger partial charge in [-0.05, 0) is 6.92 Å². The van der Waals surface area contributed by atoms with Crippen LogP contribution in [0, 0.1) is 0 Å². The van der Waals surface area contributed by atoms with E-state index in [1.807, 2.05) is 6.92 Å². The number of hydrogen-bond donors (Lipinski definition) is 2. The lowest BCUT2D eigenvalue weighted by Crippen LogP contribution is -2.49. The first-order valence-electron chi connectivity index (χ1n) is 6.28. The van der Waals surface area contributed by atoms with Gasteiger partial charge in [0, 0.05) is 45.9 Å². The molecule has 1 saturated heterocycles. The number of rotatable bonds is 8. The molecule has 1 atom stereocenters. The maximum Gasteiger partial charge on any atom is 0.0951 e. The van der Waals surface area contributed by atoms with E-state index >= 15 is 0 Å². The van der Waals surface area contributed by atoms with Crippen LogP contribution in [0.15, 0.2) is 0 Å². The Kier molecular flexibility index (Phi) is 7.67. The number of aliphatic hydroxyl groups excluding tert-OH is 1. The predicted molar refractivity (Wildman–Crippen MR) is 65.5 cm³/mol. The monoisotopic (exact) mass is 247 g/mol. The van der Waals surface area contributed by atoms with Crippen molar-refractivity contribution in [2.45, 2.75) is 13.0 Å². The molecular formula is C11H25N3O3. The topological polar surface area (TPSA) is 71.2 Å². The average Bonchev–Trinajstić information content (AvgIpc) is 2.32. The van der Waals surface area contributed by atoms with Crippen molar-refractivity contribution >= 4 is 0 Å². The van der Waals surface area contributed by atoms with Crippen LogP contribution in [0.4, 0.5) is 0 Å². The maximum absolute atomic E-state index is 9.56. The molecule has 0 saturated carbocycles. The molecule has 0 aromatic carbocycles. The Morgan fingerprint density at radius 2 is 1.88 bits per heavy atom. The first kappa shape index (κ1) is 14.8. The van der Waals surface area contributed by atoms with Crippen LogP contribution in [0.3, 0.4) is 0 Å². The Balaban J connectivity index is 2.08. The van der Waals surface area contributed by atoms with E-state index in [0.717, 1.165) is 45.9 Å². The number of piperazine rings is 1. The molecule has 1 fully saturated rings. The van der Waals surface area contributed by atoms with E-state index in [9.17, 15) is 5.11 Å². The summed E-state index contributed by atoms with van der Waals surface area (Å²) in [4.78, 5) is 9.05. The van der Waals surface area contributed by atoms with Gasteiger partial charge in [0.15, 0.2) is 0 Å². The van der Waals surface area contributed by atoms with Crippen LogP contribution < -0.4 is 5.90 Å². The van der Waals surface area contributed by atoms with E-state index < -0.39 is 6.10 Å². The van der Waals surface area contributed by atoms with Gasteiger partial charge in [-0.1, -0.05) is 0 Å². The van der Waals surface area contributed by atoms with Crippen LogP contribution in [0.2, 0.25) is 0 Å². The van der Waals surface area contributed by atoms with Gasteiger partial charge in [-0.15, -0.1) is 0 Å². The van der Waals surface area contributed by atoms with E-state index in [1.165, 1.54) is 0 Å². The third kappa shape index (κ3) is 6.30. The van der Waals surface area contributed by atoms with Crippen LogP contribution in [0.1, 0.15) is 6.92 Å². The van der Waals surface area contributed by atoms with E-state index in [0.29, 0.717) is 6.54 Å². The predicted octanol–water partition coefficient (Wildman–Crippen LogP) is -1.11. The standard InChI is InChI=1S/C11H25N3O3/c1-2-16-8-7-13-3-5-14(6-4-13)9-11(15)10-17-12/h11,15H,2-10,12H2,1H3. The molecule has 17 heavy (non-hydrogen) atoms. The number of aliphatic hydroxyl groups is 1. The Morgan fingerprint density at radius 3 is 2.47 bits per heavy atom. The van der Waals surface area contributed by atoms with E-state index in [-0.39, 0.29) is 6.61 Å². The molecule has 1 aliphatic heterocycles. The lowest BCUT2D eigenvalue weighted by atomic mass is 10.2. The van der Waals surface area contributed by atoms with Gasteiger partial charge in [0.05, 0.1) is 19.3 Å². The Hall–Kier alpha value is -0.240. The van der Waals surface area contributed by atoms with Crippen LogP contribution in [-0.2, 0) is 9.57 Å². The van der Waals surface area contributed by atoms with Gasteiger partial charge in [0.2, 0.25) is 0 Å². The molecule has 0 radical (unpaired) electrons. The fourth-order valence-electron chi connectivity index (χ4n) is 2.00. The number of hydrogen-bond acceptors (Lipinski definition) is 6. The molecule has 1 aliphatic rings. The third-order valence-corrected chi connectivity index (χ3v) is 2.98. The van der Waals surface area contributed by atoms with Crippen LogP contribution in [0.25, 0.3) is 0 Å². The van der Waals surface area contributed by atoms with Gasteiger partial charge in [0.25, 0.3) is 0 Å². The van der Waals surface area contributed by atoms with Crippen molar-refractivity contribution in [3.8, 4) is 0 Å². The van der Waals surface area contributed by atoms with Gasteiger partial charge in [0.1, 0.15) is 0 Å². The SMILES string of the molecule is CCOCCN1CCN(CC(O)CON)CC1. The maximum atomic E-state index is 9.56. The van der Waals surface area contributed by atoms with Crippen molar-refractivity contribution in [2.75, 3.05) is 59.1 Å². The normalized spacial score (nSPS) is 20.6. The molecule has 1 heterocycles. The highest BCUT2D eigenvalue weighted by Gasteiger charge is 2.18. The van der Waals surface area contributed by atoms with Gasteiger partial charge in [-0.3, -0.25) is 9.80 Å². The third-order valence-electron chi connectivity index (χ3n) is 2.98. The molecule has 102 valence electrons. The first-order valence-corrected chi connectivity index (χ1v) is 6.28. The van der Waals surface area contributed by atoms with E-state index in [1.54, 1.807) is 0 Å². The summed E-state index contributed by atoms with van der Waals surface area (Å²) in [5.41, 5.74) is 0. The largest absolute Gasteiger partial charge is 0.389 e. The summed E-state index contributed by atoms with van der Waals surface area (Å²) in [6, 6.07) is 0. The Labute approximate surface area is 103 Å². The second-order valence-corrected chi connectivity index (χ2v) is 4.33. The average molecular weight is 247 g/mol. The molecule has 0 amide bonds. The molecule has 0 aliphatic carbocycles. The minimum absolute atomic E-state index is 0.199. The van der Waals surface area contributed by atoms with E-state index in [4.69, 9.17) is 10.6 Å². The van der Waals surface area contributed by atoms with Crippen LogP contribution >= 0.6 is 0 Å². The fraction of sp³-hybridized carbons (Fsp3) is 1.00. The van der Waals surface area contributed by atoms with Crippen molar-refractivity contribution in [3.05, 3.63) is 0 Å². The summed E-state index contributed by atoms with van der Waals surface area (Å²) < 4.78 is 5.33. The highest BCUT2D eigenvalue weighted by Crippen LogP contribution is 2.02. The quantitative estimate of drug-likeness (QED) is 0.419. The summed E-state index contributed by atoms with van der Waals surface area (Å²) in [6.45, 7) is 9.45. The fourth-order valence-corrected chi connectivity index (χ4v) is 2.00. The zero-order chi connectivity index (χ0) is 12.5. The van der Waals surface area contributed by atoms with E-state index in [2.05, 4.69) is 14.6 Å². The molecule has 1 rings (SSSR count). The smallest absolute Gasteiger partial charge is 0.0951 e. The lowest BCUT2D eigenvalue weighted by Gasteiger charge is -2.35. The Morgan fingerprint density at radius 1 is 1.24 bits per heavy atom. The second kappa shape index (κ2) is 8.79. The first-order chi connectivity index (χ1) is 8.26. The number of ether oxygens (including phenoxy) is 1. The highest BCUT2D eigenvalue weighted by atomic mass is 16.6. The molecule has 1 unspecified atom stereocenters. The summed E-state index contributed by atoms with van der Waals surface area (Å²) in [6.07, 6.45) is -0.491. The zero-order valence-corrected chi connectivity index (χ0v) is 10.7. The summed E-state index contributed by atoms with van der Waals surface area (Å²) in [7, 11) is 0. The molecule has 0 aromatic rings. The molecule has 0 spiro atoms. The molecule has 6 nitrogen and oxygen atoms in total. The van der Waals surface area contributed by atoms with Gasteiger partial charge in [-0.25, -0.2) is 5.90 Å². The molecule has 6 heteroatoms. The van der Waals surface area contributed by atoms with Crippen molar-refractivity contribution in [1.29, 1.82) is 0 Å². The van der Waals surface area contributed by atoms with Crippen LogP contribution in [-0.4, -0.2) is 80.1 Å². The number of β-amino-alcohol motifs (C(OH)–C–C–N with tert-alkyl or cyclic N) is 1. The molecule has 3 N–H and O–H groups in total. The number of nitrogens with zero attached hydrogens (tertiary/aromatic N) is 2. The van der Waals surface area contributed by atoms with Gasteiger partial charge in [-0.2, -0.15) is 0 Å². The van der Waals surface area contributed by atoms with Crippen molar-refractivity contribution in [2.24, 2.45) is 5.90 Å². The van der Waals surface area contributed by atoms with Crippen LogP contribution in [0.5, 0.6) is 0 Å². The summed E-state index contributed by atoms with van der Waals surface area (Å²) in [5.74, 6) is 4.92. The Bertz CT molecular complexity index is 187. The second-order valence-electron chi connectivity index (χ2n) is 4.33. The van der Waals surface area contributed by atoms with Gasteiger partial charge < -0.3 is 14.7 Å². The minimum Gasteiger partial charge on any atom is -0.389 e. The van der Waals surface area contributed by atoms with Crippen molar-refractivity contribution in [3.63, 3.8) is 0 Å². The van der Waals surface area contributed by atoms with Gasteiger partial charge >= 0.3 is 0 Å². The van der Waals surface area contributed by atoms with Crippen molar-refractivity contribution < 1.29 is 14.7 Å². The minimum atomic E-state index is -0.491.